The van der Waals surface area contributed by atoms with Gasteiger partial charge in [0.1, 0.15) is 19.7 Å². The Morgan fingerprint density at radius 2 is 0.676 bits per heavy atom. The molecule has 0 spiro atoms. The minimum atomic E-state index is -0.140. The van der Waals surface area contributed by atoms with Crippen molar-refractivity contribution < 1.29 is 29.2 Å². The molecule has 1 aliphatic heterocycles. The van der Waals surface area contributed by atoms with Crippen LogP contribution in [0.1, 0.15) is 343 Å². The first-order chi connectivity index (χ1) is 34.9. The van der Waals surface area contributed by atoms with Gasteiger partial charge in [0, 0.05) is 6.42 Å². The highest BCUT2D eigenvalue weighted by Crippen LogP contribution is 2.20. The van der Waals surface area contributed by atoms with Gasteiger partial charge in [0.25, 0.3) is 0 Å². The van der Waals surface area contributed by atoms with E-state index in [2.05, 4.69) is 46.4 Å². The van der Waals surface area contributed by atoms with Crippen molar-refractivity contribution in [3.05, 3.63) is 0 Å². The minimum Gasteiger partial charge on any atom is -0.462 e. The third-order valence-electron chi connectivity index (χ3n) is 14.9. The van der Waals surface area contributed by atoms with Crippen LogP contribution in [0.15, 0.2) is 0 Å². The second-order valence-corrected chi connectivity index (χ2v) is 22.5. The Morgan fingerprint density at radius 1 is 0.394 bits per heavy atom. The average Bonchev–Trinajstić information content (AvgIpc) is 3.38. The van der Waals surface area contributed by atoms with Crippen LogP contribution in [0.5, 0.6) is 0 Å². The van der Waals surface area contributed by atoms with Crippen LogP contribution in [-0.4, -0.2) is 73.6 Å². The number of rotatable bonds is 53. The molecule has 2 atom stereocenters. The van der Waals surface area contributed by atoms with Crippen LogP contribution in [0.3, 0.4) is 0 Å². The van der Waals surface area contributed by atoms with E-state index in [1.54, 1.807) is 0 Å². The third kappa shape index (κ3) is 61.7. The van der Waals surface area contributed by atoms with E-state index >= 15 is 0 Å². The Hall–Kier alpha value is -0.730. The van der Waals surface area contributed by atoms with Crippen molar-refractivity contribution in [3.8, 4) is 0 Å². The molecule has 71 heavy (non-hydrogen) atoms. The monoisotopic (exact) mass is 1010 g/mol. The molecule has 0 aromatic heterocycles. The fourth-order valence-electron chi connectivity index (χ4n) is 10.1. The first kappa shape index (κ1) is 72.3. The van der Waals surface area contributed by atoms with E-state index in [4.69, 9.17) is 24.4 Å². The average molecular weight is 1010 g/mol. The smallest absolute Gasteiger partial charge is 0.306 e. The largest absolute Gasteiger partial charge is 0.462 e. The molecular weight excluding hydrogens is 879 g/mol. The lowest BCUT2D eigenvalue weighted by Gasteiger charge is -2.26. The molecule has 2 N–H and O–H groups in total. The summed E-state index contributed by atoms with van der Waals surface area (Å²) in [4.78, 5) is 15.3. The molecule has 0 amide bonds. The number of hydrogen-bond donors (Lipinski definition) is 2. The second-order valence-electron chi connectivity index (χ2n) is 22.5. The molecule has 0 aromatic carbocycles. The van der Waals surface area contributed by atoms with Crippen LogP contribution in [-0.2, 0) is 19.0 Å². The summed E-state index contributed by atoms with van der Waals surface area (Å²) < 4.78 is 15.9. The number of esters is 1. The summed E-state index contributed by atoms with van der Waals surface area (Å²) in [5.41, 5.74) is 0. The van der Waals surface area contributed by atoms with Gasteiger partial charge in [0.2, 0.25) is 0 Å². The standard InChI is InChI=1S/C44H87NO2.2C10H22O2/c1-3-5-7-9-11-13-15-17-19-21-23-25-27-29-32-37-43(47-44(46)39-36-42-45-40-34-31-35-41-45)38-33-30-28-26-24-22-20-18-16-14-12-10-8-6-4-2;2*1-3-4-5-6-7-10(2)8-12-9-11/h43H,3-42H2,1-2H3;2*10-11H,3-9H2,1-2H3. The molecule has 1 saturated heterocycles. The van der Waals surface area contributed by atoms with E-state index < -0.39 is 0 Å². The Morgan fingerprint density at radius 3 is 0.986 bits per heavy atom. The summed E-state index contributed by atoms with van der Waals surface area (Å²) in [6.07, 6.45) is 62.9. The molecule has 0 aliphatic carbocycles. The van der Waals surface area contributed by atoms with E-state index in [-0.39, 0.29) is 25.7 Å². The summed E-state index contributed by atoms with van der Waals surface area (Å²) in [5, 5.41) is 16.8. The number of aliphatic hydroxyl groups excluding tert-OH is 2. The minimum absolute atomic E-state index is 0.0638. The van der Waals surface area contributed by atoms with Crippen molar-refractivity contribution in [2.24, 2.45) is 11.8 Å². The third-order valence-corrected chi connectivity index (χ3v) is 14.9. The molecule has 0 saturated carbocycles. The fraction of sp³-hybridized carbons (Fsp3) is 0.984. The number of unbranched alkanes of at least 4 members (excludes halogenated alkanes) is 34. The number of aliphatic hydroxyl groups is 2. The van der Waals surface area contributed by atoms with Crippen molar-refractivity contribution in [1.29, 1.82) is 0 Å². The van der Waals surface area contributed by atoms with Gasteiger partial charge in [-0.25, -0.2) is 0 Å². The number of ether oxygens (including phenoxy) is 3. The number of likely N-dealkylation sites (tertiary alicyclic amines) is 1. The maximum absolute atomic E-state index is 12.8. The van der Waals surface area contributed by atoms with E-state index in [1.807, 2.05) is 0 Å². The quantitative estimate of drug-likeness (QED) is 0.0356. The van der Waals surface area contributed by atoms with Crippen LogP contribution in [0, 0.1) is 11.8 Å². The number of carbonyl (C=O) groups excluding carboxylic acids is 1. The molecule has 2 unspecified atom stereocenters. The highest BCUT2D eigenvalue weighted by molar-refractivity contribution is 5.69. The van der Waals surface area contributed by atoms with Gasteiger partial charge in [-0.3, -0.25) is 4.79 Å². The number of hydrogen-bond acceptors (Lipinski definition) is 7. The van der Waals surface area contributed by atoms with Gasteiger partial charge in [-0.2, -0.15) is 0 Å². The summed E-state index contributed by atoms with van der Waals surface area (Å²) in [7, 11) is 0. The first-order valence-corrected chi connectivity index (χ1v) is 32.2. The molecule has 0 aromatic rings. The summed E-state index contributed by atoms with van der Waals surface area (Å²) in [6, 6.07) is 0. The first-order valence-electron chi connectivity index (χ1n) is 32.2. The van der Waals surface area contributed by atoms with Gasteiger partial charge >= 0.3 is 5.97 Å². The van der Waals surface area contributed by atoms with E-state index in [1.165, 1.54) is 289 Å². The topological polar surface area (TPSA) is 88.5 Å². The molecule has 0 radical (unpaired) electrons. The Kier molecular flexibility index (Phi) is 64.8. The number of piperidine rings is 1. The van der Waals surface area contributed by atoms with Crippen molar-refractivity contribution >= 4 is 5.97 Å². The lowest BCUT2D eigenvalue weighted by Crippen LogP contribution is -2.31. The highest BCUT2D eigenvalue weighted by atomic mass is 16.6. The summed E-state index contributed by atoms with van der Waals surface area (Å²) in [5.74, 6) is 1.25. The van der Waals surface area contributed by atoms with Crippen molar-refractivity contribution in [2.75, 3.05) is 46.4 Å². The second kappa shape index (κ2) is 63.6. The van der Waals surface area contributed by atoms with Gasteiger partial charge in [0.15, 0.2) is 0 Å². The Bertz CT molecular complexity index is 905. The van der Waals surface area contributed by atoms with Crippen LogP contribution in [0.2, 0.25) is 0 Å². The predicted molar refractivity (Wildman–Crippen MR) is 310 cm³/mol. The van der Waals surface area contributed by atoms with E-state index in [0.29, 0.717) is 31.5 Å². The normalized spacial score (nSPS) is 13.7. The summed E-state index contributed by atoms with van der Waals surface area (Å²) >= 11 is 0. The van der Waals surface area contributed by atoms with Crippen molar-refractivity contribution in [1.82, 2.24) is 4.90 Å². The van der Waals surface area contributed by atoms with Crippen LogP contribution < -0.4 is 0 Å². The molecule has 1 heterocycles. The lowest BCUT2D eigenvalue weighted by atomic mass is 10.0. The SMILES string of the molecule is CCCCCCC(C)COCO.CCCCCCC(C)COCO.CCCCCCCCCCCCCCCCCC(CCCCCCCCCCCCCCCCC)OC(=O)CCCN1CCCCC1. The molecule has 1 aliphatic rings. The molecular formula is C64H131NO6. The zero-order valence-corrected chi connectivity index (χ0v) is 49.4. The van der Waals surface area contributed by atoms with Gasteiger partial charge in [-0.15, -0.1) is 0 Å². The van der Waals surface area contributed by atoms with E-state index in [0.717, 1.165) is 25.8 Å². The zero-order valence-electron chi connectivity index (χ0n) is 49.4. The maximum atomic E-state index is 12.8. The summed E-state index contributed by atoms with van der Waals surface area (Å²) in [6.45, 7) is 18.0. The van der Waals surface area contributed by atoms with Gasteiger partial charge in [0.05, 0.1) is 13.2 Å². The molecule has 0 bridgehead atoms. The number of nitrogens with zero attached hydrogens (tertiary/aromatic N) is 1. The van der Waals surface area contributed by atoms with Crippen LogP contribution >= 0.6 is 0 Å². The van der Waals surface area contributed by atoms with Crippen LogP contribution in [0.4, 0.5) is 0 Å². The molecule has 1 rings (SSSR count). The Balaban J connectivity index is 0. The highest BCUT2D eigenvalue weighted by Gasteiger charge is 2.16. The van der Waals surface area contributed by atoms with E-state index in [9.17, 15) is 4.79 Å². The number of carbonyl (C=O) groups is 1. The van der Waals surface area contributed by atoms with Gasteiger partial charge in [-0.1, -0.05) is 279 Å². The molecule has 428 valence electrons. The zero-order chi connectivity index (χ0) is 52.2. The molecule has 1 fully saturated rings. The fourth-order valence-corrected chi connectivity index (χ4v) is 10.1. The maximum Gasteiger partial charge on any atom is 0.306 e. The Labute approximate surface area is 446 Å². The van der Waals surface area contributed by atoms with Gasteiger partial charge < -0.3 is 29.3 Å². The molecule has 7 heteroatoms. The molecule has 7 nitrogen and oxygen atoms in total. The predicted octanol–water partition coefficient (Wildman–Crippen LogP) is 19.8. The lowest BCUT2D eigenvalue weighted by molar-refractivity contribution is -0.150. The van der Waals surface area contributed by atoms with Crippen molar-refractivity contribution in [3.63, 3.8) is 0 Å². The van der Waals surface area contributed by atoms with Crippen LogP contribution in [0.25, 0.3) is 0 Å². The van der Waals surface area contributed by atoms with Crippen molar-refractivity contribution in [2.45, 2.75) is 349 Å². The van der Waals surface area contributed by atoms with Gasteiger partial charge in [-0.05, 0) is 89.3 Å².